The standard InChI is InChI=1S/C16H21N3O/c1-12-7-8-14(10-15(12)19(2)3)18-11-13-6-5-9-17-16(13)20-4/h5-10,18H,11H2,1-4H3. The van der Waals surface area contributed by atoms with Crippen LogP contribution in [0.1, 0.15) is 11.1 Å². The monoisotopic (exact) mass is 271 g/mol. The molecule has 20 heavy (non-hydrogen) atoms. The van der Waals surface area contributed by atoms with Crippen molar-refractivity contribution in [1.82, 2.24) is 4.98 Å². The van der Waals surface area contributed by atoms with Gasteiger partial charge in [-0.3, -0.25) is 0 Å². The molecule has 2 rings (SSSR count). The summed E-state index contributed by atoms with van der Waals surface area (Å²) < 4.78 is 5.26. The SMILES string of the molecule is COc1ncccc1CNc1ccc(C)c(N(C)C)c1. The number of pyridine rings is 1. The summed E-state index contributed by atoms with van der Waals surface area (Å²) >= 11 is 0. The second kappa shape index (κ2) is 6.28. The molecule has 0 aliphatic carbocycles. The lowest BCUT2D eigenvalue weighted by Gasteiger charge is -2.17. The van der Waals surface area contributed by atoms with Crippen LogP contribution in [0.5, 0.6) is 5.88 Å². The van der Waals surface area contributed by atoms with Crippen molar-refractivity contribution in [3.8, 4) is 5.88 Å². The summed E-state index contributed by atoms with van der Waals surface area (Å²) in [5.41, 5.74) is 4.61. The Hall–Kier alpha value is -2.23. The van der Waals surface area contributed by atoms with E-state index < -0.39 is 0 Å². The molecule has 1 aromatic heterocycles. The van der Waals surface area contributed by atoms with E-state index in [9.17, 15) is 0 Å². The first-order valence-corrected chi connectivity index (χ1v) is 6.61. The highest BCUT2D eigenvalue weighted by Crippen LogP contribution is 2.23. The predicted molar refractivity (Wildman–Crippen MR) is 83.6 cm³/mol. The number of methoxy groups -OCH3 is 1. The molecule has 0 atom stereocenters. The van der Waals surface area contributed by atoms with Crippen molar-refractivity contribution < 1.29 is 4.74 Å². The fourth-order valence-electron chi connectivity index (χ4n) is 2.14. The Kier molecular flexibility index (Phi) is 4.45. The molecule has 0 aliphatic heterocycles. The Labute approximate surface area is 120 Å². The van der Waals surface area contributed by atoms with Crippen molar-refractivity contribution >= 4 is 11.4 Å². The van der Waals surface area contributed by atoms with E-state index in [1.165, 1.54) is 11.3 Å². The lowest BCUT2D eigenvalue weighted by atomic mass is 10.1. The highest BCUT2D eigenvalue weighted by atomic mass is 16.5. The number of hydrogen-bond acceptors (Lipinski definition) is 4. The van der Waals surface area contributed by atoms with Gasteiger partial charge in [0.2, 0.25) is 5.88 Å². The summed E-state index contributed by atoms with van der Waals surface area (Å²) in [6.07, 6.45) is 1.73. The Balaban J connectivity index is 2.13. The van der Waals surface area contributed by atoms with Crippen LogP contribution in [0.2, 0.25) is 0 Å². The third kappa shape index (κ3) is 3.20. The molecule has 0 aliphatic rings. The van der Waals surface area contributed by atoms with Crippen LogP contribution in [-0.2, 0) is 6.54 Å². The minimum absolute atomic E-state index is 0.667. The van der Waals surface area contributed by atoms with E-state index in [2.05, 4.69) is 54.4 Å². The second-order valence-electron chi connectivity index (χ2n) is 4.92. The minimum atomic E-state index is 0.667. The number of anilines is 2. The molecule has 0 bridgehead atoms. The molecule has 0 amide bonds. The fraction of sp³-hybridized carbons (Fsp3) is 0.312. The first kappa shape index (κ1) is 14.2. The molecule has 0 unspecified atom stereocenters. The largest absolute Gasteiger partial charge is 0.481 e. The van der Waals surface area contributed by atoms with Gasteiger partial charge >= 0.3 is 0 Å². The van der Waals surface area contributed by atoms with Crippen LogP contribution in [0, 0.1) is 6.92 Å². The number of aryl methyl sites for hydroxylation is 1. The van der Waals surface area contributed by atoms with Crippen molar-refractivity contribution in [2.24, 2.45) is 0 Å². The van der Waals surface area contributed by atoms with Crippen LogP contribution in [-0.4, -0.2) is 26.2 Å². The van der Waals surface area contributed by atoms with Crippen LogP contribution in [0.25, 0.3) is 0 Å². The number of rotatable bonds is 5. The molecule has 4 heteroatoms. The van der Waals surface area contributed by atoms with E-state index >= 15 is 0 Å². The molecule has 0 fully saturated rings. The molecule has 0 spiro atoms. The summed E-state index contributed by atoms with van der Waals surface area (Å²) in [5, 5.41) is 3.41. The second-order valence-corrected chi connectivity index (χ2v) is 4.92. The summed E-state index contributed by atoms with van der Waals surface area (Å²) in [6, 6.07) is 10.3. The van der Waals surface area contributed by atoms with Crippen LogP contribution in [0.3, 0.4) is 0 Å². The van der Waals surface area contributed by atoms with Gasteiger partial charge in [0, 0.05) is 43.8 Å². The zero-order valence-electron chi connectivity index (χ0n) is 12.5. The van der Waals surface area contributed by atoms with E-state index in [1.807, 2.05) is 12.1 Å². The van der Waals surface area contributed by atoms with Gasteiger partial charge in [-0.05, 0) is 30.7 Å². The average Bonchev–Trinajstić information content (AvgIpc) is 2.46. The van der Waals surface area contributed by atoms with Crippen LogP contribution in [0.4, 0.5) is 11.4 Å². The zero-order valence-corrected chi connectivity index (χ0v) is 12.5. The third-order valence-electron chi connectivity index (χ3n) is 3.22. The highest BCUT2D eigenvalue weighted by molar-refractivity contribution is 5.62. The van der Waals surface area contributed by atoms with Crippen molar-refractivity contribution in [2.75, 3.05) is 31.4 Å². The van der Waals surface area contributed by atoms with Crippen molar-refractivity contribution in [1.29, 1.82) is 0 Å². The van der Waals surface area contributed by atoms with Gasteiger partial charge < -0.3 is 15.0 Å². The van der Waals surface area contributed by atoms with Gasteiger partial charge in [-0.15, -0.1) is 0 Å². The number of nitrogens with one attached hydrogen (secondary N) is 1. The first-order valence-electron chi connectivity index (χ1n) is 6.61. The van der Waals surface area contributed by atoms with Gasteiger partial charge in [-0.1, -0.05) is 12.1 Å². The molecule has 2 aromatic rings. The van der Waals surface area contributed by atoms with Crippen molar-refractivity contribution in [2.45, 2.75) is 13.5 Å². The Bertz CT molecular complexity index is 582. The number of nitrogens with zero attached hydrogens (tertiary/aromatic N) is 2. The Morgan fingerprint density at radius 3 is 2.75 bits per heavy atom. The molecule has 0 saturated carbocycles. The Morgan fingerprint density at radius 2 is 2.05 bits per heavy atom. The maximum atomic E-state index is 5.26. The van der Waals surface area contributed by atoms with E-state index in [0.29, 0.717) is 12.4 Å². The van der Waals surface area contributed by atoms with Gasteiger partial charge in [0.05, 0.1) is 7.11 Å². The van der Waals surface area contributed by atoms with Gasteiger partial charge in [0.15, 0.2) is 0 Å². The molecular formula is C16H21N3O. The van der Waals surface area contributed by atoms with Crippen LogP contribution < -0.4 is 15.0 Å². The summed E-state index contributed by atoms with van der Waals surface area (Å²) in [5.74, 6) is 0.667. The Morgan fingerprint density at radius 1 is 1.25 bits per heavy atom. The first-order chi connectivity index (χ1) is 9.61. The van der Waals surface area contributed by atoms with Gasteiger partial charge in [0.1, 0.15) is 0 Å². The summed E-state index contributed by atoms with van der Waals surface area (Å²) in [4.78, 5) is 6.32. The molecule has 1 aromatic carbocycles. The maximum absolute atomic E-state index is 5.26. The number of aromatic nitrogens is 1. The third-order valence-corrected chi connectivity index (χ3v) is 3.22. The van der Waals surface area contributed by atoms with E-state index in [0.717, 1.165) is 11.3 Å². The molecule has 1 N–H and O–H groups in total. The fourth-order valence-corrected chi connectivity index (χ4v) is 2.14. The molecule has 0 saturated heterocycles. The highest BCUT2D eigenvalue weighted by Gasteiger charge is 2.05. The van der Waals surface area contributed by atoms with Crippen molar-refractivity contribution in [3.63, 3.8) is 0 Å². The van der Waals surface area contributed by atoms with E-state index in [1.54, 1.807) is 13.3 Å². The minimum Gasteiger partial charge on any atom is -0.481 e. The lowest BCUT2D eigenvalue weighted by Crippen LogP contribution is -2.11. The number of hydrogen-bond donors (Lipinski definition) is 1. The number of benzene rings is 1. The molecule has 4 nitrogen and oxygen atoms in total. The smallest absolute Gasteiger partial charge is 0.218 e. The quantitative estimate of drug-likeness (QED) is 0.907. The molecule has 106 valence electrons. The topological polar surface area (TPSA) is 37.4 Å². The predicted octanol–water partition coefficient (Wildman–Crippen LogP) is 3.08. The maximum Gasteiger partial charge on any atom is 0.218 e. The molecular weight excluding hydrogens is 250 g/mol. The van der Waals surface area contributed by atoms with Gasteiger partial charge in [-0.2, -0.15) is 0 Å². The molecule has 1 heterocycles. The zero-order chi connectivity index (χ0) is 14.5. The van der Waals surface area contributed by atoms with Crippen LogP contribution in [0.15, 0.2) is 36.5 Å². The van der Waals surface area contributed by atoms with Gasteiger partial charge in [0.25, 0.3) is 0 Å². The number of ether oxygens (including phenoxy) is 1. The van der Waals surface area contributed by atoms with Crippen LogP contribution >= 0.6 is 0 Å². The normalized spacial score (nSPS) is 10.2. The van der Waals surface area contributed by atoms with Gasteiger partial charge in [-0.25, -0.2) is 4.98 Å². The summed E-state index contributed by atoms with van der Waals surface area (Å²) in [7, 11) is 5.74. The lowest BCUT2D eigenvalue weighted by molar-refractivity contribution is 0.393. The molecule has 0 radical (unpaired) electrons. The summed E-state index contributed by atoms with van der Waals surface area (Å²) in [6.45, 7) is 2.80. The average molecular weight is 271 g/mol. The van der Waals surface area contributed by atoms with Crippen molar-refractivity contribution in [3.05, 3.63) is 47.7 Å². The van der Waals surface area contributed by atoms with E-state index in [4.69, 9.17) is 4.74 Å². The van der Waals surface area contributed by atoms with E-state index in [-0.39, 0.29) is 0 Å².